The molecule has 3 N–H and O–H groups in total. The third-order valence-electron chi connectivity index (χ3n) is 5.98. The zero-order valence-electron chi connectivity index (χ0n) is 13.0. The minimum Gasteiger partial charge on any atom is -0.480 e. The predicted octanol–water partition coefficient (Wildman–Crippen LogP) is 2.47. The van der Waals surface area contributed by atoms with E-state index in [9.17, 15) is 9.90 Å². The summed E-state index contributed by atoms with van der Waals surface area (Å²) in [7, 11) is 0. The van der Waals surface area contributed by atoms with Crippen LogP contribution < -0.4 is 5.73 Å². The molecule has 116 valence electrons. The molecular formula is C16H30N2O2. The molecule has 4 nitrogen and oxygen atoms in total. The van der Waals surface area contributed by atoms with Gasteiger partial charge in [-0.3, -0.25) is 4.79 Å². The molecule has 2 atom stereocenters. The summed E-state index contributed by atoms with van der Waals surface area (Å²) in [5.41, 5.74) is 5.66. The lowest BCUT2D eigenvalue weighted by molar-refractivity contribution is -0.144. The Labute approximate surface area is 122 Å². The van der Waals surface area contributed by atoms with E-state index in [2.05, 4.69) is 18.7 Å². The molecule has 0 aromatic rings. The Balaban J connectivity index is 1.80. The third-order valence-corrected chi connectivity index (χ3v) is 5.98. The number of hydrogen-bond acceptors (Lipinski definition) is 3. The van der Waals surface area contributed by atoms with E-state index in [0.29, 0.717) is 11.8 Å². The molecule has 0 radical (unpaired) electrons. The van der Waals surface area contributed by atoms with Crippen LogP contribution in [0, 0.1) is 11.3 Å². The second-order valence-corrected chi connectivity index (χ2v) is 7.23. The molecule has 2 aliphatic rings. The topological polar surface area (TPSA) is 66.6 Å². The van der Waals surface area contributed by atoms with Crippen molar-refractivity contribution in [1.82, 2.24) is 4.90 Å². The first kappa shape index (κ1) is 15.8. The number of rotatable bonds is 5. The summed E-state index contributed by atoms with van der Waals surface area (Å²) in [6, 6.07) is 0. The van der Waals surface area contributed by atoms with Crippen molar-refractivity contribution in [3.63, 3.8) is 0 Å². The van der Waals surface area contributed by atoms with Crippen LogP contribution in [0.1, 0.15) is 58.8 Å². The van der Waals surface area contributed by atoms with Crippen molar-refractivity contribution < 1.29 is 9.90 Å². The second-order valence-electron chi connectivity index (χ2n) is 7.23. The molecule has 1 aliphatic carbocycles. The first-order valence-electron chi connectivity index (χ1n) is 8.14. The summed E-state index contributed by atoms with van der Waals surface area (Å²) in [6.07, 6.45) is 7.30. The Morgan fingerprint density at radius 3 is 2.55 bits per heavy atom. The van der Waals surface area contributed by atoms with E-state index in [0.717, 1.165) is 38.9 Å². The Hall–Kier alpha value is -0.610. The number of carboxylic acid groups (broad SMARTS) is 1. The van der Waals surface area contributed by atoms with Crippen LogP contribution in [0.5, 0.6) is 0 Å². The van der Waals surface area contributed by atoms with Gasteiger partial charge in [0, 0.05) is 0 Å². The highest BCUT2D eigenvalue weighted by atomic mass is 16.4. The minimum atomic E-state index is -0.965. The van der Waals surface area contributed by atoms with Gasteiger partial charge in [-0.15, -0.1) is 0 Å². The molecule has 2 rings (SSSR count). The van der Waals surface area contributed by atoms with Crippen molar-refractivity contribution in [3.05, 3.63) is 0 Å². The van der Waals surface area contributed by atoms with E-state index in [-0.39, 0.29) is 5.92 Å². The van der Waals surface area contributed by atoms with Crippen LogP contribution >= 0.6 is 0 Å². The van der Waals surface area contributed by atoms with Gasteiger partial charge in [0.1, 0.15) is 5.54 Å². The van der Waals surface area contributed by atoms with Gasteiger partial charge in [-0.2, -0.15) is 0 Å². The molecule has 0 bridgehead atoms. The van der Waals surface area contributed by atoms with Gasteiger partial charge < -0.3 is 15.7 Å². The van der Waals surface area contributed by atoms with Crippen LogP contribution in [0.25, 0.3) is 0 Å². The Morgan fingerprint density at radius 1 is 1.35 bits per heavy atom. The fraction of sp³-hybridized carbons (Fsp3) is 0.938. The highest BCUT2D eigenvalue weighted by molar-refractivity contribution is 5.79. The van der Waals surface area contributed by atoms with Crippen LogP contribution in [0.3, 0.4) is 0 Å². The number of carbonyl (C=O) groups is 1. The maximum Gasteiger partial charge on any atom is 0.323 e. The molecule has 2 unspecified atom stereocenters. The second kappa shape index (κ2) is 6.02. The minimum absolute atomic E-state index is 0.152. The molecule has 1 aliphatic heterocycles. The van der Waals surface area contributed by atoms with Crippen LogP contribution in [0.15, 0.2) is 0 Å². The van der Waals surface area contributed by atoms with Gasteiger partial charge in [0.2, 0.25) is 0 Å². The third kappa shape index (κ3) is 3.17. The van der Waals surface area contributed by atoms with Crippen molar-refractivity contribution in [1.29, 1.82) is 0 Å². The van der Waals surface area contributed by atoms with Crippen LogP contribution in [-0.2, 0) is 4.79 Å². The summed E-state index contributed by atoms with van der Waals surface area (Å²) in [4.78, 5) is 13.9. The molecule has 0 amide bonds. The highest BCUT2D eigenvalue weighted by Crippen LogP contribution is 2.38. The molecule has 1 saturated carbocycles. The average molecular weight is 282 g/mol. The number of likely N-dealkylation sites (tertiary alicyclic amines) is 1. The summed E-state index contributed by atoms with van der Waals surface area (Å²) < 4.78 is 0. The lowest BCUT2D eigenvalue weighted by atomic mass is 9.78. The van der Waals surface area contributed by atoms with Gasteiger partial charge in [0.15, 0.2) is 0 Å². The smallest absolute Gasteiger partial charge is 0.323 e. The molecular weight excluding hydrogens is 252 g/mol. The number of aliphatic carboxylic acids is 1. The molecule has 1 heterocycles. The first-order chi connectivity index (χ1) is 9.39. The molecule has 4 heteroatoms. The monoisotopic (exact) mass is 282 g/mol. The highest BCUT2D eigenvalue weighted by Gasteiger charge is 2.45. The SMILES string of the molecule is CCC1(C)CCN(CCC2CCCC2(N)C(=O)O)CC1. The predicted molar refractivity (Wildman–Crippen MR) is 80.6 cm³/mol. The molecule has 0 aromatic heterocycles. The van der Waals surface area contributed by atoms with Crippen molar-refractivity contribution >= 4 is 5.97 Å². The molecule has 0 aromatic carbocycles. The summed E-state index contributed by atoms with van der Waals surface area (Å²) >= 11 is 0. The lowest BCUT2D eigenvalue weighted by Gasteiger charge is -2.39. The van der Waals surface area contributed by atoms with E-state index < -0.39 is 11.5 Å². The van der Waals surface area contributed by atoms with Gasteiger partial charge in [0.05, 0.1) is 0 Å². The standard InChI is InChI=1S/C16H30N2O2/c1-3-15(2)8-11-18(12-9-15)10-6-13-5-4-7-16(13,17)14(19)20/h13H,3-12,17H2,1-2H3,(H,19,20). The zero-order valence-corrected chi connectivity index (χ0v) is 13.0. The maximum atomic E-state index is 11.4. The van der Waals surface area contributed by atoms with E-state index >= 15 is 0 Å². The quantitative estimate of drug-likeness (QED) is 0.813. The van der Waals surface area contributed by atoms with Gasteiger partial charge in [-0.1, -0.05) is 26.7 Å². The molecule has 20 heavy (non-hydrogen) atoms. The normalized spacial score (nSPS) is 34.2. The van der Waals surface area contributed by atoms with Crippen LogP contribution in [0.4, 0.5) is 0 Å². The Morgan fingerprint density at radius 2 is 2.00 bits per heavy atom. The fourth-order valence-electron chi connectivity index (χ4n) is 3.79. The fourth-order valence-corrected chi connectivity index (χ4v) is 3.79. The number of nitrogens with two attached hydrogens (primary N) is 1. The largest absolute Gasteiger partial charge is 0.480 e. The molecule has 2 fully saturated rings. The summed E-state index contributed by atoms with van der Waals surface area (Å²) in [6.45, 7) is 7.99. The number of hydrogen-bond donors (Lipinski definition) is 2. The number of piperidine rings is 1. The van der Waals surface area contributed by atoms with Gasteiger partial charge in [-0.25, -0.2) is 0 Å². The van der Waals surface area contributed by atoms with E-state index in [1.807, 2.05) is 0 Å². The van der Waals surface area contributed by atoms with Crippen LogP contribution in [-0.4, -0.2) is 41.1 Å². The zero-order chi connectivity index (χ0) is 14.8. The van der Waals surface area contributed by atoms with Crippen molar-refractivity contribution in [2.75, 3.05) is 19.6 Å². The summed E-state index contributed by atoms with van der Waals surface area (Å²) in [5, 5.41) is 9.34. The van der Waals surface area contributed by atoms with Gasteiger partial charge in [0.25, 0.3) is 0 Å². The van der Waals surface area contributed by atoms with Gasteiger partial charge in [-0.05, 0) is 63.1 Å². The molecule has 0 spiro atoms. The van der Waals surface area contributed by atoms with Crippen LogP contribution in [0.2, 0.25) is 0 Å². The van der Waals surface area contributed by atoms with E-state index in [4.69, 9.17) is 5.73 Å². The first-order valence-corrected chi connectivity index (χ1v) is 8.14. The number of nitrogens with zero attached hydrogens (tertiary/aromatic N) is 1. The number of carboxylic acids is 1. The van der Waals surface area contributed by atoms with E-state index in [1.165, 1.54) is 19.3 Å². The Bertz CT molecular complexity index is 350. The average Bonchev–Trinajstić information content (AvgIpc) is 2.81. The van der Waals surface area contributed by atoms with Crippen molar-refractivity contribution in [3.8, 4) is 0 Å². The summed E-state index contributed by atoms with van der Waals surface area (Å²) in [5.74, 6) is -0.656. The Kier molecular flexibility index (Phi) is 4.75. The lowest BCUT2D eigenvalue weighted by Crippen LogP contribution is -2.51. The van der Waals surface area contributed by atoms with Gasteiger partial charge >= 0.3 is 5.97 Å². The molecule has 1 saturated heterocycles. The maximum absolute atomic E-state index is 11.4. The van der Waals surface area contributed by atoms with Crippen molar-refractivity contribution in [2.24, 2.45) is 17.1 Å². The van der Waals surface area contributed by atoms with Crippen molar-refractivity contribution in [2.45, 2.75) is 64.3 Å². The van der Waals surface area contributed by atoms with E-state index in [1.54, 1.807) is 0 Å².